The van der Waals surface area contributed by atoms with Crippen molar-refractivity contribution in [3.63, 3.8) is 0 Å². The van der Waals surface area contributed by atoms with Gasteiger partial charge in [-0.05, 0) is 18.2 Å². The van der Waals surface area contributed by atoms with Crippen LogP contribution < -0.4 is 11.1 Å². The minimum absolute atomic E-state index is 0.0664. The van der Waals surface area contributed by atoms with Crippen molar-refractivity contribution >= 4 is 23.2 Å². The minimum atomic E-state index is -0.783. The Bertz CT molecular complexity index is 442. The monoisotopic (exact) mass is 240 g/mol. The second-order valence-corrected chi connectivity index (χ2v) is 3.54. The Kier molecular flexibility index (Phi) is 4.29. The van der Waals surface area contributed by atoms with Crippen molar-refractivity contribution in [2.75, 3.05) is 5.32 Å². The average Bonchev–Trinajstić information content (AvgIpc) is 2.24. The number of hydrogen-bond acceptors (Lipinski definition) is 2. The maximum absolute atomic E-state index is 12.8. The predicted octanol–water partition coefficient (Wildman–Crippen LogP) is 1.77. The molecule has 0 heterocycles. The zero-order chi connectivity index (χ0) is 12.1. The first kappa shape index (κ1) is 12.5. The van der Waals surface area contributed by atoms with Gasteiger partial charge in [-0.25, -0.2) is 4.39 Å². The summed E-state index contributed by atoms with van der Waals surface area (Å²) in [5.74, 6) is 1.30. The second-order valence-electron chi connectivity index (χ2n) is 3.13. The number of halogens is 2. The summed E-state index contributed by atoms with van der Waals surface area (Å²) in [5.41, 5.74) is 5.86. The highest BCUT2D eigenvalue weighted by atomic mass is 35.5. The van der Waals surface area contributed by atoms with Gasteiger partial charge in [-0.15, -0.1) is 12.3 Å². The number of nitrogens with two attached hydrogens (primary N) is 1. The fourth-order valence-corrected chi connectivity index (χ4v) is 1.21. The predicted molar refractivity (Wildman–Crippen MR) is 61.5 cm³/mol. The molecule has 0 aliphatic rings. The molecule has 0 aliphatic heterocycles. The molecule has 1 rings (SSSR count). The minimum Gasteiger partial charge on any atom is -0.325 e. The van der Waals surface area contributed by atoms with E-state index in [1.54, 1.807) is 0 Å². The lowest BCUT2D eigenvalue weighted by Gasteiger charge is -2.09. The van der Waals surface area contributed by atoms with Gasteiger partial charge in [-0.3, -0.25) is 4.79 Å². The van der Waals surface area contributed by atoms with Crippen molar-refractivity contribution in [1.82, 2.24) is 0 Å². The molecule has 0 aromatic heterocycles. The van der Waals surface area contributed by atoms with E-state index in [9.17, 15) is 9.18 Å². The Balaban J connectivity index is 2.70. The van der Waals surface area contributed by atoms with Crippen molar-refractivity contribution in [2.45, 2.75) is 12.5 Å². The quantitative estimate of drug-likeness (QED) is 0.792. The van der Waals surface area contributed by atoms with Crippen molar-refractivity contribution in [2.24, 2.45) is 5.73 Å². The van der Waals surface area contributed by atoms with Gasteiger partial charge in [0.05, 0.1) is 11.1 Å². The largest absolute Gasteiger partial charge is 0.325 e. The number of carbonyl (C=O) groups is 1. The Morgan fingerprint density at radius 3 is 2.94 bits per heavy atom. The van der Waals surface area contributed by atoms with Crippen LogP contribution in [0.15, 0.2) is 18.2 Å². The van der Waals surface area contributed by atoms with Gasteiger partial charge in [-0.2, -0.15) is 0 Å². The molecule has 1 aromatic rings. The van der Waals surface area contributed by atoms with Gasteiger partial charge in [0.1, 0.15) is 5.82 Å². The van der Waals surface area contributed by atoms with Crippen LogP contribution in [0.25, 0.3) is 0 Å². The molecule has 0 spiro atoms. The number of terminal acetylenes is 1. The molecule has 1 aromatic carbocycles. The summed E-state index contributed by atoms with van der Waals surface area (Å²) in [6.45, 7) is 0. The first-order valence-electron chi connectivity index (χ1n) is 4.49. The molecule has 3 N–H and O–H groups in total. The van der Waals surface area contributed by atoms with Gasteiger partial charge in [-0.1, -0.05) is 11.6 Å². The zero-order valence-corrected chi connectivity index (χ0v) is 9.09. The normalized spacial score (nSPS) is 11.6. The lowest BCUT2D eigenvalue weighted by Crippen LogP contribution is -2.35. The van der Waals surface area contributed by atoms with Gasteiger partial charge < -0.3 is 11.1 Å². The molecule has 0 saturated heterocycles. The van der Waals surface area contributed by atoms with Gasteiger partial charge in [0, 0.05) is 12.1 Å². The highest BCUT2D eigenvalue weighted by molar-refractivity contribution is 6.31. The molecule has 5 heteroatoms. The summed E-state index contributed by atoms with van der Waals surface area (Å²) in [7, 11) is 0. The molecule has 16 heavy (non-hydrogen) atoms. The van der Waals surface area contributed by atoms with E-state index in [1.165, 1.54) is 12.1 Å². The fraction of sp³-hybridized carbons (Fsp3) is 0.182. The molecule has 0 fully saturated rings. The summed E-state index contributed by atoms with van der Waals surface area (Å²) < 4.78 is 12.8. The van der Waals surface area contributed by atoms with Crippen molar-refractivity contribution in [1.29, 1.82) is 0 Å². The highest BCUT2D eigenvalue weighted by Crippen LogP contribution is 2.19. The third-order valence-corrected chi connectivity index (χ3v) is 2.15. The molecule has 0 aliphatic carbocycles. The van der Waals surface area contributed by atoms with Crippen molar-refractivity contribution < 1.29 is 9.18 Å². The van der Waals surface area contributed by atoms with Gasteiger partial charge >= 0.3 is 0 Å². The molecule has 84 valence electrons. The smallest absolute Gasteiger partial charge is 0.242 e. The number of amides is 1. The Morgan fingerprint density at radius 2 is 2.38 bits per heavy atom. The molecule has 1 unspecified atom stereocenters. The average molecular weight is 241 g/mol. The van der Waals surface area contributed by atoms with Crippen LogP contribution >= 0.6 is 11.6 Å². The van der Waals surface area contributed by atoms with E-state index < -0.39 is 17.8 Å². The lowest BCUT2D eigenvalue weighted by molar-refractivity contribution is -0.117. The summed E-state index contributed by atoms with van der Waals surface area (Å²) in [4.78, 5) is 11.4. The van der Waals surface area contributed by atoms with E-state index in [0.717, 1.165) is 6.07 Å². The number of nitrogens with one attached hydrogen (secondary N) is 1. The molecule has 0 saturated carbocycles. The van der Waals surface area contributed by atoms with Crippen LogP contribution in [-0.4, -0.2) is 11.9 Å². The molecule has 0 radical (unpaired) electrons. The van der Waals surface area contributed by atoms with Crippen LogP contribution in [-0.2, 0) is 4.79 Å². The third kappa shape index (κ3) is 3.23. The van der Waals surface area contributed by atoms with E-state index in [4.69, 9.17) is 23.8 Å². The van der Waals surface area contributed by atoms with E-state index >= 15 is 0 Å². The fourth-order valence-electron chi connectivity index (χ4n) is 1.03. The van der Waals surface area contributed by atoms with Gasteiger partial charge in [0.2, 0.25) is 5.91 Å². The zero-order valence-electron chi connectivity index (χ0n) is 8.34. The van der Waals surface area contributed by atoms with Crippen molar-refractivity contribution in [3.8, 4) is 12.3 Å². The van der Waals surface area contributed by atoms with Crippen LogP contribution in [0.2, 0.25) is 5.02 Å². The Hall–Kier alpha value is -1.57. The van der Waals surface area contributed by atoms with Crippen LogP contribution in [0.3, 0.4) is 0 Å². The van der Waals surface area contributed by atoms with E-state index in [2.05, 4.69) is 11.2 Å². The first-order chi connectivity index (χ1) is 7.54. The highest BCUT2D eigenvalue weighted by Gasteiger charge is 2.12. The Morgan fingerprint density at radius 1 is 1.69 bits per heavy atom. The number of hydrogen-bond donors (Lipinski definition) is 2. The van der Waals surface area contributed by atoms with Gasteiger partial charge in [0.25, 0.3) is 0 Å². The molecule has 1 atom stereocenters. The first-order valence-corrected chi connectivity index (χ1v) is 4.87. The Labute approximate surface area is 97.8 Å². The van der Waals surface area contributed by atoms with Crippen LogP contribution in [0, 0.1) is 18.2 Å². The summed E-state index contributed by atoms with van der Waals surface area (Å²) >= 11 is 5.55. The van der Waals surface area contributed by atoms with E-state index in [-0.39, 0.29) is 11.4 Å². The summed E-state index contributed by atoms with van der Waals surface area (Å²) in [6.07, 6.45) is 5.16. The number of benzene rings is 1. The van der Waals surface area contributed by atoms with Crippen LogP contribution in [0.5, 0.6) is 0 Å². The van der Waals surface area contributed by atoms with E-state index in [0.29, 0.717) is 5.69 Å². The number of carbonyl (C=O) groups excluding carboxylic acids is 1. The molecular weight excluding hydrogens is 231 g/mol. The second kappa shape index (κ2) is 5.50. The molecular formula is C11H10ClFN2O. The summed E-state index contributed by atoms with van der Waals surface area (Å²) in [6, 6.07) is 3.07. The lowest BCUT2D eigenvalue weighted by atomic mass is 10.2. The number of anilines is 1. The van der Waals surface area contributed by atoms with Crippen LogP contribution in [0.1, 0.15) is 6.42 Å². The molecule has 1 amide bonds. The van der Waals surface area contributed by atoms with Gasteiger partial charge in [0.15, 0.2) is 0 Å². The van der Waals surface area contributed by atoms with Crippen molar-refractivity contribution in [3.05, 3.63) is 29.0 Å². The maximum Gasteiger partial charge on any atom is 0.242 e. The summed E-state index contributed by atoms with van der Waals surface area (Å²) in [5, 5.41) is 2.42. The SMILES string of the molecule is C#CCC(N)C(=O)Nc1ccc(F)c(Cl)c1. The third-order valence-electron chi connectivity index (χ3n) is 1.86. The topological polar surface area (TPSA) is 55.1 Å². The number of rotatable bonds is 3. The van der Waals surface area contributed by atoms with E-state index in [1.807, 2.05) is 0 Å². The van der Waals surface area contributed by atoms with Crippen LogP contribution in [0.4, 0.5) is 10.1 Å². The molecule has 3 nitrogen and oxygen atoms in total. The molecule has 0 bridgehead atoms. The standard InChI is InChI=1S/C11H10ClFN2O/c1-2-3-10(14)11(16)15-7-4-5-9(13)8(12)6-7/h1,4-6,10H,3,14H2,(H,15,16). The maximum atomic E-state index is 12.8.